The smallest absolute Gasteiger partial charge is 0.414 e. The molecule has 6 heteroatoms. The number of anilines is 1. The molecule has 28 heavy (non-hydrogen) atoms. The Morgan fingerprint density at radius 2 is 1.89 bits per heavy atom. The van der Waals surface area contributed by atoms with Gasteiger partial charge >= 0.3 is 6.09 Å². The predicted octanol–water partition coefficient (Wildman–Crippen LogP) is 3.09. The average Bonchev–Trinajstić information content (AvgIpc) is 3.02. The first-order valence-corrected chi connectivity index (χ1v) is 10.2. The van der Waals surface area contributed by atoms with Gasteiger partial charge in [-0.3, -0.25) is 9.80 Å². The molecule has 5 aliphatic rings. The molecule has 6 rings (SSSR count). The van der Waals surface area contributed by atoms with E-state index in [4.69, 9.17) is 14.2 Å². The fraction of sp³-hybridized carbons (Fsp3) is 0.591. The normalized spacial score (nSPS) is 39.0. The molecule has 0 radical (unpaired) electrons. The van der Waals surface area contributed by atoms with Gasteiger partial charge in [-0.2, -0.15) is 0 Å². The van der Waals surface area contributed by atoms with Gasteiger partial charge in [0, 0.05) is 30.1 Å². The van der Waals surface area contributed by atoms with Crippen molar-refractivity contribution in [3.05, 3.63) is 29.8 Å². The molecule has 1 aromatic carbocycles. The Morgan fingerprint density at radius 1 is 1.11 bits per heavy atom. The maximum atomic E-state index is 13.0. The van der Waals surface area contributed by atoms with Crippen molar-refractivity contribution >= 4 is 11.8 Å². The van der Waals surface area contributed by atoms with E-state index in [2.05, 4.69) is 23.1 Å². The second kappa shape index (κ2) is 5.03. The largest absolute Gasteiger partial charge is 0.493 e. The lowest BCUT2D eigenvalue weighted by Crippen LogP contribution is -2.54. The van der Waals surface area contributed by atoms with Crippen LogP contribution < -0.4 is 14.4 Å². The quantitative estimate of drug-likeness (QED) is 0.736. The van der Waals surface area contributed by atoms with Crippen molar-refractivity contribution in [2.75, 3.05) is 39.3 Å². The van der Waals surface area contributed by atoms with E-state index < -0.39 is 0 Å². The molecule has 2 aliphatic carbocycles. The average molecular weight is 382 g/mol. The molecular weight excluding hydrogens is 356 g/mol. The molecule has 1 aromatic rings. The fourth-order valence-corrected chi connectivity index (χ4v) is 7.42. The van der Waals surface area contributed by atoms with E-state index in [9.17, 15) is 4.79 Å². The lowest BCUT2D eigenvalue weighted by Gasteiger charge is -2.45. The minimum absolute atomic E-state index is 0.00223. The molecule has 148 valence electrons. The number of hydrogen-bond donors (Lipinski definition) is 0. The molecule has 3 spiro atoms. The van der Waals surface area contributed by atoms with Crippen LogP contribution in [0, 0.1) is 5.92 Å². The number of carbonyl (C=O) groups excluding carboxylic acids is 1. The zero-order valence-corrected chi connectivity index (χ0v) is 16.7. The topological polar surface area (TPSA) is 51.2 Å². The van der Waals surface area contributed by atoms with Gasteiger partial charge in [-0.1, -0.05) is 12.2 Å². The van der Waals surface area contributed by atoms with Crippen LogP contribution in [0.25, 0.3) is 0 Å². The van der Waals surface area contributed by atoms with E-state index in [0.717, 1.165) is 50.2 Å². The van der Waals surface area contributed by atoms with Crippen LogP contribution in [0.4, 0.5) is 10.5 Å². The Bertz CT molecular complexity index is 929. The highest BCUT2D eigenvalue weighted by molar-refractivity contribution is 5.98. The molecule has 1 amide bonds. The van der Waals surface area contributed by atoms with Gasteiger partial charge in [0.1, 0.15) is 0 Å². The van der Waals surface area contributed by atoms with Crippen molar-refractivity contribution in [3.8, 4) is 11.5 Å². The molecule has 6 nitrogen and oxygen atoms in total. The van der Waals surface area contributed by atoms with Crippen LogP contribution in [0.2, 0.25) is 0 Å². The van der Waals surface area contributed by atoms with Gasteiger partial charge in [0.15, 0.2) is 11.5 Å². The van der Waals surface area contributed by atoms with Gasteiger partial charge in [-0.05, 0) is 43.2 Å². The first-order valence-electron chi connectivity index (χ1n) is 10.2. The van der Waals surface area contributed by atoms with E-state index in [0.29, 0.717) is 11.7 Å². The van der Waals surface area contributed by atoms with E-state index in [1.807, 2.05) is 11.0 Å². The maximum absolute atomic E-state index is 13.0. The lowest BCUT2D eigenvalue weighted by molar-refractivity contribution is 0.104. The Balaban J connectivity index is 1.57. The predicted molar refractivity (Wildman–Crippen MR) is 104 cm³/mol. The van der Waals surface area contributed by atoms with E-state index in [1.165, 1.54) is 12.7 Å². The minimum atomic E-state index is -0.256. The number of ether oxygens (including phenoxy) is 3. The van der Waals surface area contributed by atoms with Crippen molar-refractivity contribution < 1.29 is 19.0 Å². The summed E-state index contributed by atoms with van der Waals surface area (Å²) in [5.41, 5.74) is 2.20. The second-order valence-electron chi connectivity index (χ2n) is 8.88. The monoisotopic (exact) mass is 382 g/mol. The lowest BCUT2D eigenvalue weighted by atomic mass is 9.78. The van der Waals surface area contributed by atoms with Crippen LogP contribution in [0.3, 0.4) is 0 Å². The summed E-state index contributed by atoms with van der Waals surface area (Å²) in [5, 5.41) is 0. The third-order valence-corrected chi connectivity index (χ3v) is 8.50. The minimum Gasteiger partial charge on any atom is -0.493 e. The van der Waals surface area contributed by atoms with Gasteiger partial charge in [0.25, 0.3) is 0 Å². The van der Waals surface area contributed by atoms with E-state index in [1.54, 1.807) is 14.2 Å². The Morgan fingerprint density at radius 3 is 2.64 bits per heavy atom. The highest BCUT2D eigenvalue weighted by atomic mass is 16.5. The molecule has 4 atom stereocenters. The summed E-state index contributed by atoms with van der Waals surface area (Å²) >= 11 is 0. The first-order chi connectivity index (χ1) is 13.6. The van der Waals surface area contributed by atoms with Gasteiger partial charge in [0.2, 0.25) is 0 Å². The Labute approximate surface area is 165 Å². The van der Waals surface area contributed by atoms with Crippen LogP contribution >= 0.6 is 0 Å². The Kier molecular flexibility index (Phi) is 3.01. The molecule has 0 N–H and O–H groups in total. The van der Waals surface area contributed by atoms with Crippen LogP contribution in [0.15, 0.2) is 24.3 Å². The third kappa shape index (κ3) is 1.53. The van der Waals surface area contributed by atoms with Crippen molar-refractivity contribution in [3.63, 3.8) is 0 Å². The zero-order chi connectivity index (χ0) is 19.3. The number of rotatable bonds is 2. The summed E-state index contributed by atoms with van der Waals surface area (Å²) in [6.45, 7) is 2.11. The summed E-state index contributed by atoms with van der Waals surface area (Å²) in [4.78, 5) is 17.6. The highest BCUT2D eigenvalue weighted by Gasteiger charge is 2.86. The van der Waals surface area contributed by atoms with Crippen LogP contribution in [-0.4, -0.2) is 56.5 Å². The number of fused-ring (bicyclic) bond motifs is 1. The molecule has 3 aliphatic heterocycles. The van der Waals surface area contributed by atoms with E-state index in [-0.39, 0.29) is 22.6 Å². The van der Waals surface area contributed by atoms with Crippen molar-refractivity contribution in [1.29, 1.82) is 0 Å². The number of nitrogens with zero attached hydrogens (tertiary/aromatic N) is 2. The van der Waals surface area contributed by atoms with Crippen LogP contribution in [-0.2, 0) is 10.2 Å². The summed E-state index contributed by atoms with van der Waals surface area (Å²) < 4.78 is 16.4. The maximum Gasteiger partial charge on any atom is 0.414 e. The van der Waals surface area contributed by atoms with Crippen LogP contribution in [0.1, 0.15) is 31.2 Å². The van der Waals surface area contributed by atoms with Crippen LogP contribution in [0.5, 0.6) is 11.5 Å². The molecular formula is C22H26N2O4. The van der Waals surface area contributed by atoms with Gasteiger partial charge in [-0.15, -0.1) is 0 Å². The number of amides is 1. The van der Waals surface area contributed by atoms with Gasteiger partial charge < -0.3 is 14.2 Å². The molecule has 2 bridgehead atoms. The van der Waals surface area contributed by atoms with Crippen molar-refractivity contribution in [2.45, 2.75) is 42.2 Å². The number of methoxy groups -OCH3 is 3. The standard InChI is InChI=1S/C22H26N2O4/c1-26-16-11-14-15(12-17(16)27-2)24(19(25)28-3)22-7-6-20-5-4-9-23(20)10-8-21(14,22)18(22)13-20/h4-5,11-12,18H,6-10,13H2,1-3H3/t18?,20-,21?,22-/m1/s1. The fourth-order valence-electron chi connectivity index (χ4n) is 7.42. The SMILES string of the molecule is COC(=O)N1c2cc(OC)c(OC)cc2C23CCN4CC=C[C@]45CC[C@]12C3C5. The number of carbonyl (C=O) groups is 1. The summed E-state index contributed by atoms with van der Waals surface area (Å²) in [5.74, 6) is 1.86. The summed E-state index contributed by atoms with van der Waals surface area (Å²) in [6, 6.07) is 4.09. The molecule has 0 aromatic heterocycles. The summed E-state index contributed by atoms with van der Waals surface area (Å²) in [6.07, 6.45) is 8.79. The summed E-state index contributed by atoms with van der Waals surface area (Å²) in [7, 11) is 4.79. The van der Waals surface area contributed by atoms with Crippen molar-refractivity contribution in [2.24, 2.45) is 5.92 Å². The molecule has 3 fully saturated rings. The highest BCUT2D eigenvalue weighted by Crippen LogP contribution is 2.81. The molecule has 2 saturated carbocycles. The number of hydrogen-bond acceptors (Lipinski definition) is 5. The van der Waals surface area contributed by atoms with Gasteiger partial charge in [0.05, 0.1) is 32.6 Å². The molecule has 2 unspecified atom stereocenters. The molecule has 1 saturated heterocycles. The second-order valence-corrected chi connectivity index (χ2v) is 8.88. The Hall–Kier alpha value is -2.21. The number of benzene rings is 1. The first kappa shape index (κ1) is 16.7. The van der Waals surface area contributed by atoms with E-state index >= 15 is 0 Å². The molecule has 3 heterocycles. The van der Waals surface area contributed by atoms with Gasteiger partial charge in [-0.25, -0.2) is 4.79 Å². The third-order valence-electron chi connectivity index (χ3n) is 8.50. The van der Waals surface area contributed by atoms with Crippen molar-refractivity contribution in [1.82, 2.24) is 4.90 Å². The zero-order valence-electron chi connectivity index (χ0n) is 16.7.